The summed E-state index contributed by atoms with van der Waals surface area (Å²) in [5.74, 6) is 0. The third-order valence-corrected chi connectivity index (χ3v) is 2.96. The number of hydrogen-bond acceptors (Lipinski definition) is 0. The normalized spacial score (nSPS) is 18.4. The van der Waals surface area contributed by atoms with E-state index in [4.69, 9.17) is 0 Å². The lowest BCUT2D eigenvalue weighted by Gasteiger charge is -2.14. The molecule has 0 saturated heterocycles. The van der Waals surface area contributed by atoms with Crippen molar-refractivity contribution < 1.29 is 0 Å². The van der Waals surface area contributed by atoms with Crippen LogP contribution in [0, 0.1) is 6.42 Å². The average Bonchev–Trinajstić information content (AvgIpc) is 2.48. The van der Waals surface area contributed by atoms with Crippen LogP contribution in [0.4, 0.5) is 0 Å². The lowest BCUT2D eigenvalue weighted by molar-refractivity contribution is 1.04. The van der Waals surface area contributed by atoms with Crippen molar-refractivity contribution in [3.8, 4) is 0 Å². The van der Waals surface area contributed by atoms with Crippen LogP contribution in [0.2, 0.25) is 0 Å². The predicted octanol–water partition coefficient (Wildman–Crippen LogP) is 3.79. The minimum Gasteiger partial charge on any atom is -0.0836 e. The third-order valence-electron chi connectivity index (χ3n) is 2.96. The van der Waals surface area contributed by atoms with Crippen LogP contribution >= 0.6 is 0 Å². The molecule has 72 valence electrons. The zero-order valence-corrected chi connectivity index (χ0v) is 8.53. The molecule has 0 saturated carbocycles. The molecule has 2 aliphatic carbocycles. The van der Waals surface area contributed by atoms with Gasteiger partial charge in [0.15, 0.2) is 0 Å². The van der Waals surface area contributed by atoms with Gasteiger partial charge in [0.05, 0.1) is 0 Å². The molecule has 0 bridgehead atoms. The van der Waals surface area contributed by atoms with Crippen molar-refractivity contribution in [3.05, 3.63) is 71.7 Å². The molecule has 0 fully saturated rings. The second-order valence-corrected chi connectivity index (χ2v) is 3.90. The van der Waals surface area contributed by atoms with Gasteiger partial charge in [0.1, 0.15) is 0 Å². The maximum Gasteiger partial charge on any atom is 0.0429 e. The van der Waals surface area contributed by atoms with Crippen LogP contribution in [0.5, 0.6) is 0 Å². The van der Waals surface area contributed by atoms with Crippen molar-refractivity contribution in [2.45, 2.75) is 12.8 Å². The van der Waals surface area contributed by atoms with E-state index in [-0.39, 0.29) is 0 Å². The standard InChI is InChI=1S/C15H12/c1-3-10-14-12(6-1)8-5-9-13-7-2-4-11-15(13)14/h1-3,5-7,9-10H,4,11H2. The predicted molar refractivity (Wildman–Crippen MR) is 63.2 cm³/mol. The fraction of sp³-hybridized carbons (Fsp3) is 0.133. The van der Waals surface area contributed by atoms with Crippen molar-refractivity contribution in [2.75, 3.05) is 0 Å². The molecule has 0 N–H and O–H groups in total. The SMILES string of the molecule is [C]1C=CC2=C(CCC=C2)c2ccccc21. The molecule has 2 aliphatic rings. The van der Waals surface area contributed by atoms with Crippen LogP contribution in [-0.2, 0) is 0 Å². The van der Waals surface area contributed by atoms with Crippen molar-refractivity contribution in [1.82, 2.24) is 0 Å². The van der Waals surface area contributed by atoms with E-state index in [9.17, 15) is 0 Å². The molecule has 0 atom stereocenters. The number of rotatable bonds is 0. The van der Waals surface area contributed by atoms with Gasteiger partial charge in [-0.25, -0.2) is 0 Å². The first-order valence-electron chi connectivity index (χ1n) is 5.37. The van der Waals surface area contributed by atoms with E-state index in [0.29, 0.717) is 0 Å². The van der Waals surface area contributed by atoms with Crippen LogP contribution in [-0.4, -0.2) is 0 Å². The number of benzene rings is 1. The number of allylic oxidation sites excluding steroid dienone is 6. The minimum atomic E-state index is 1.15. The van der Waals surface area contributed by atoms with Crippen LogP contribution in [0.1, 0.15) is 24.0 Å². The van der Waals surface area contributed by atoms with Gasteiger partial charge in [-0.15, -0.1) is 0 Å². The first kappa shape index (κ1) is 8.72. The molecule has 0 amide bonds. The molecular formula is C15H12. The Morgan fingerprint density at radius 2 is 2.00 bits per heavy atom. The Hall–Kier alpha value is -1.56. The molecule has 0 heterocycles. The van der Waals surface area contributed by atoms with E-state index >= 15 is 0 Å². The highest BCUT2D eigenvalue weighted by Crippen LogP contribution is 2.33. The Kier molecular flexibility index (Phi) is 2.06. The van der Waals surface area contributed by atoms with Crippen LogP contribution in [0.3, 0.4) is 0 Å². The fourth-order valence-electron chi connectivity index (χ4n) is 2.22. The zero-order valence-electron chi connectivity index (χ0n) is 8.53. The minimum absolute atomic E-state index is 1.15. The molecule has 15 heavy (non-hydrogen) atoms. The Balaban J connectivity index is 2.23. The third kappa shape index (κ3) is 1.46. The van der Waals surface area contributed by atoms with Gasteiger partial charge >= 0.3 is 0 Å². The summed E-state index contributed by atoms with van der Waals surface area (Å²) in [6.45, 7) is 0. The zero-order chi connectivity index (χ0) is 10.1. The molecule has 0 heteroatoms. The number of fused-ring (bicyclic) bond motifs is 2. The van der Waals surface area contributed by atoms with Gasteiger partial charge in [-0.2, -0.15) is 0 Å². The molecule has 1 aromatic rings. The van der Waals surface area contributed by atoms with E-state index in [2.05, 4.69) is 48.9 Å². The van der Waals surface area contributed by atoms with Gasteiger partial charge in [0, 0.05) is 6.42 Å². The summed E-state index contributed by atoms with van der Waals surface area (Å²) in [7, 11) is 0. The Morgan fingerprint density at radius 3 is 3.00 bits per heavy atom. The molecular weight excluding hydrogens is 180 g/mol. The molecule has 3 rings (SSSR count). The summed E-state index contributed by atoms with van der Waals surface area (Å²) in [6.07, 6.45) is 14.3. The second-order valence-electron chi connectivity index (χ2n) is 3.90. The smallest absolute Gasteiger partial charge is 0.0429 e. The van der Waals surface area contributed by atoms with Crippen molar-refractivity contribution >= 4 is 5.57 Å². The quantitative estimate of drug-likeness (QED) is 0.586. The highest BCUT2D eigenvalue weighted by atomic mass is 14.2. The Morgan fingerprint density at radius 1 is 1.07 bits per heavy atom. The average molecular weight is 192 g/mol. The molecule has 1 aromatic carbocycles. The molecule has 0 aliphatic heterocycles. The second kappa shape index (κ2) is 3.54. The van der Waals surface area contributed by atoms with Crippen molar-refractivity contribution in [2.24, 2.45) is 0 Å². The van der Waals surface area contributed by atoms with Crippen LogP contribution < -0.4 is 0 Å². The van der Waals surface area contributed by atoms with E-state index in [0.717, 1.165) is 12.8 Å². The summed E-state index contributed by atoms with van der Waals surface area (Å²) in [5.41, 5.74) is 5.38. The highest BCUT2D eigenvalue weighted by Gasteiger charge is 2.14. The largest absolute Gasteiger partial charge is 0.0836 e. The summed E-state index contributed by atoms with van der Waals surface area (Å²) in [6, 6.07) is 8.51. The van der Waals surface area contributed by atoms with Crippen LogP contribution in [0.15, 0.2) is 54.1 Å². The lowest BCUT2D eigenvalue weighted by Crippen LogP contribution is -1.94. The van der Waals surface area contributed by atoms with Gasteiger partial charge in [-0.1, -0.05) is 48.6 Å². The van der Waals surface area contributed by atoms with Gasteiger partial charge in [0.25, 0.3) is 0 Å². The van der Waals surface area contributed by atoms with Gasteiger partial charge in [-0.3, -0.25) is 0 Å². The topological polar surface area (TPSA) is 0 Å². The van der Waals surface area contributed by atoms with E-state index in [1.807, 2.05) is 6.08 Å². The van der Waals surface area contributed by atoms with Gasteiger partial charge in [0.2, 0.25) is 0 Å². The first-order valence-corrected chi connectivity index (χ1v) is 5.37. The first-order chi connectivity index (χ1) is 7.45. The van der Waals surface area contributed by atoms with Crippen molar-refractivity contribution in [1.29, 1.82) is 0 Å². The summed E-state index contributed by atoms with van der Waals surface area (Å²) < 4.78 is 0. The summed E-state index contributed by atoms with van der Waals surface area (Å²) in [5, 5.41) is 0. The Labute approximate surface area is 90.6 Å². The monoisotopic (exact) mass is 192 g/mol. The lowest BCUT2D eigenvalue weighted by atomic mass is 9.90. The van der Waals surface area contributed by atoms with E-state index in [1.54, 1.807) is 0 Å². The molecule has 0 spiro atoms. The Bertz CT molecular complexity index is 473. The van der Waals surface area contributed by atoms with E-state index in [1.165, 1.54) is 22.3 Å². The molecule has 0 unspecified atom stereocenters. The highest BCUT2D eigenvalue weighted by molar-refractivity contribution is 5.78. The number of hydrogen-bond donors (Lipinski definition) is 0. The maximum atomic E-state index is 3.33. The molecule has 2 radical (unpaired) electrons. The fourth-order valence-corrected chi connectivity index (χ4v) is 2.22. The summed E-state index contributed by atoms with van der Waals surface area (Å²) in [4.78, 5) is 0. The van der Waals surface area contributed by atoms with Crippen LogP contribution in [0.25, 0.3) is 5.57 Å². The van der Waals surface area contributed by atoms with Gasteiger partial charge < -0.3 is 0 Å². The summed E-state index contributed by atoms with van der Waals surface area (Å²) >= 11 is 0. The molecule has 0 aromatic heterocycles. The van der Waals surface area contributed by atoms with E-state index < -0.39 is 0 Å². The van der Waals surface area contributed by atoms with Crippen molar-refractivity contribution in [3.63, 3.8) is 0 Å². The molecule has 0 nitrogen and oxygen atoms in total. The maximum absolute atomic E-state index is 3.33. The van der Waals surface area contributed by atoms with Gasteiger partial charge in [-0.05, 0) is 35.1 Å².